The predicted octanol–water partition coefficient (Wildman–Crippen LogP) is 2.14. The minimum Gasteiger partial charge on any atom is -0.355 e. The van der Waals surface area contributed by atoms with Crippen LogP contribution < -0.4 is 4.90 Å². The number of anilines is 1. The van der Waals surface area contributed by atoms with Gasteiger partial charge in [-0.3, -0.25) is 4.98 Å². The number of fused-ring (bicyclic) bond motifs is 1. The summed E-state index contributed by atoms with van der Waals surface area (Å²) in [5.41, 5.74) is 1.88. The summed E-state index contributed by atoms with van der Waals surface area (Å²) >= 11 is 0. The Bertz CT molecular complexity index is 796. The lowest BCUT2D eigenvalue weighted by Crippen LogP contribution is -2.35. The molecule has 4 rings (SSSR count). The van der Waals surface area contributed by atoms with Crippen LogP contribution in [0.2, 0.25) is 0 Å². The molecule has 1 aliphatic rings. The smallest absolute Gasteiger partial charge is 0.147 e. The highest BCUT2D eigenvalue weighted by atomic mass is 15.3. The van der Waals surface area contributed by atoms with Crippen molar-refractivity contribution >= 4 is 16.9 Å². The van der Waals surface area contributed by atoms with Crippen molar-refractivity contribution in [1.29, 1.82) is 0 Å². The van der Waals surface area contributed by atoms with E-state index < -0.39 is 0 Å². The van der Waals surface area contributed by atoms with Crippen molar-refractivity contribution in [3.8, 4) is 0 Å². The molecule has 0 bridgehead atoms. The second kappa shape index (κ2) is 5.36. The third kappa shape index (κ3) is 2.30. The molecule has 1 unspecified atom stereocenters. The molecule has 0 radical (unpaired) electrons. The maximum Gasteiger partial charge on any atom is 0.147 e. The van der Waals surface area contributed by atoms with E-state index in [9.17, 15) is 0 Å². The highest BCUT2D eigenvalue weighted by Gasteiger charge is 2.25. The zero-order valence-corrected chi connectivity index (χ0v) is 12.6. The molecule has 0 spiro atoms. The van der Waals surface area contributed by atoms with Crippen LogP contribution >= 0.6 is 0 Å². The molecule has 112 valence electrons. The fourth-order valence-corrected chi connectivity index (χ4v) is 3.16. The molecule has 2 aromatic heterocycles. The molecule has 1 aromatic carbocycles. The van der Waals surface area contributed by atoms with E-state index in [2.05, 4.69) is 20.1 Å². The Kier molecular flexibility index (Phi) is 3.21. The zero-order chi connectivity index (χ0) is 14.9. The maximum absolute atomic E-state index is 4.76. The SMILES string of the molecule is Cn1cnnc1C1CCCN(c2cnc3ccccc3n2)C1. The summed E-state index contributed by atoms with van der Waals surface area (Å²) in [5.74, 6) is 2.40. The van der Waals surface area contributed by atoms with Gasteiger partial charge in [0.15, 0.2) is 0 Å². The number of piperidine rings is 1. The molecule has 0 aliphatic carbocycles. The predicted molar refractivity (Wildman–Crippen MR) is 84.7 cm³/mol. The van der Waals surface area contributed by atoms with Gasteiger partial charge in [-0.25, -0.2) is 4.98 Å². The number of nitrogens with zero attached hydrogens (tertiary/aromatic N) is 6. The summed E-state index contributed by atoms with van der Waals surface area (Å²) in [6.07, 6.45) is 5.92. The van der Waals surface area contributed by atoms with E-state index >= 15 is 0 Å². The third-order valence-corrected chi connectivity index (χ3v) is 4.29. The van der Waals surface area contributed by atoms with Gasteiger partial charge < -0.3 is 9.47 Å². The molecular weight excluding hydrogens is 276 g/mol. The fraction of sp³-hybridized carbons (Fsp3) is 0.375. The van der Waals surface area contributed by atoms with E-state index in [1.165, 1.54) is 0 Å². The Morgan fingerprint density at radius 2 is 2.05 bits per heavy atom. The van der Waals surface area contributed by atoms with Crippen LogP contribution in [0.3, 0.4) is 0 Å². The van der Waals surface area contributed by atoms with Crippen LogP contribution in [0.15, 0.2) is 36.8 Å². The average molecular weight is 294 g/mol. The molecule has 0 amide bonds. The van der Waals surface area contributed by atoms with Gasteiger partial charge in [-0.2, -0.15) is 0 Å². The van der Waals surface area contributed by atoms with Gasteiger partial charge in [0.1, 0.15) is 18.0 Å². The van der Waals surface area contributed by atoms with Gasteiger partial charge in [-0.05, 0) is 25.0 Å². The molecule has 6 heteroatoms. The number of rotatable bonds is 2. The van der Waals surface area contributed by atoms with Gasteiger partial charge in [0, 0.05) is 26.1 Å². The number of benzene rings is 1. The normalized spacial score (nSPS) is 18.8. The molecule has 1 aliphatic heterocycles. The first-order valence-corrected chi connectivity index (χ1v) is 7.62. The standard InChI is InChI=1S/C16H18N6/c1-21-11-18-20-16(21)12-5-4-8-22(10-12)15-9-17-13-6-2-3-7-14(13)19-15/h2-3,6-7,9,11-12H,4-5,8,10H2,1H3. The van der Waals surface area contributed by atoms with Crippen LogP contribution in [-0.4, -0.2) is 37.8 Å². The van der Waals surface area contributed by atoms with Crippen molar-refractivity contribution in [3.63, 3.8) is 0 Å². The van der Waals surface area contributed by atoms with E-state index in [1.54, 1.807) is 6.33 Å². The Hall–Kier alpha value is -2.50. The van der Waals surface area contributed by atoms with Crippen LogP contribution in [0.25, 0.3) is 11.0 Å². The summed E-state index contributed by atoms with van der Waals surface area (Å²) in [6, 6.07) is 7.99. The molecule has 6 nitrogen and oxygen atoms in total. The van der Waals surface area contributed by atoms with E-state index in [0.717, 1.165) is 48.6 Å². The van der Waals surface area contributed by atoms with Gasteiger partial charge in [-0.15, -0.1) is 10.2 Å². The first-order chi connectivity index (χ1) is 10.8. The lowest BCUT2D eigenvalue weighted by atomic mass is 9.97. The van der Waals surface area contributed by atoms with Crippen LogP contribution in [0, 0.1) is 0 Å². The topological polar surface area (TPSA) is 59.7 Å². The van der Waals surface area contributed by atoms with Crippen LogP contribution in [-0.2, 0) is 7.05 Å². The van der Waals surface area contributed by atoms with Crippen molar-refractivity contribution in [2.75, 3.05) is 18.0 Å². The number of aromatic nitrogens is 5. The van der Waals surface area contributed by atoms with Crippen molar-refractivity contribution in [2.45, 2.75) is 18.8 Å². The number of hydrogen-bond acceptors (Lipinski definition) is 5. The molecular formula is C16H18N6. The lowest BCUT2D eigenvalue weighted by Gasteiger charge is -2.32. The summed E-state index contributed by atoms with van der Waals surface area (Å²) in [5, 5.41) is 8.27. The maximum atomic E-state index is 4.76. The Labute approximate surface area is 128 Å². The van der Waals surface area contributed by atoms with Gasteiger partial charge in [0.25, 0.3) is 0 Å². The van der Waals surface area contributed by atoms with E-state index in [4.69, 9.17) is 4.98 Å². The van der Waals surface area contributed by atoms with Gasteiger partial charge in [0.2, 0.25) is 0 Å². The quantitative estimate of drug-likeness (QED) is 0.724. The summed E-state index contributed by atoms with van der Waals surface area (Å²) in [6.45, 7) is 1.93. The highest BCUT2D eigenvalue weighted by Crippen LogP contribution is 2.28. The lowest BCUT2D eigenvalue weighted by molar-refractivity contribution is 0.478. The van der Waals surface area contributed by atoms with Crippen LogP contribution in [0.4, 0.5) is 5.82 Å². The van der Waals surface area contributed by atoms with Crippen molar-refractivity contribution in [1.82, 2.24) is 24.7 Å². The van der Waals surface area contributed by atoms with Crippen molar-refractivity contribution in [2.24, 2.45) is 7.05 Å². The van der Waals surface area contributed by atoms with E-state index in [0.29, 0.717) is 5.92 Å². The van der Waals surface area contributed by atoms with E-state index in [1.807, 2.05) is 42.1 Å². The first-order valence-electron chi connectivity index (χ1n) is 7.62. The summed E-state index contributed by atoms with van der Waals surface area (Å²) in [7, 11) is 2.00. The van der Waals surface area contributed by atoms with Gasteiger partial charge in [0.05, 0.1) is 17.2 Å². The Balaban J connectivity index is 1.62. The zero-order valence-electron chi connectivity index (χ0n) is 12.6. The molecule has 1 saturated heterocycles. The molecule has 1 fully saturated rings. The molecule has 3 heterocycles. The minimum atomic E-state index is 0.398. The minimum absolute atomic E-state index is 0.398. The number of aryl methyl sites for hydroxylation is 1. The number of hydrogen-bond donors (Lipinski definition) is 0. The van der Waals surface area contributed by atoms with Crippen LogP contribution in [0.5, 0.6) is 0 Å². The van der Waals surface area contributed by atoms with E-state index in [-0.39, 0.29) is 0 Å². The number of para-hydroxylation sites is 2. The van der Waals surface area contributed by atoms with Crippen LogP contribution in [0.1, 0.15) is 24.6 Å². The molecule has 0 saturated carbocycles. The molecule has 22 heavy (non-hydrogen) atoms. The summed E-state index contributed by atoms with van der Waals surface area (Å²) in [4.78, 5) is 11.6. The van der Waals surface area contributed by atoms with Crippen molar-refractivity contribution < 1.29 is 0 Å². The Morgan fingerprint density at radius 3 is 2.86 bits per heavy atom. The second-order valence-corrected chi connectivity index (χ2v) is 5.80. The second-order valence-electron chi connectivity index (χ2n) is 5.80. The van der Waals surface area contributed by atoms with Crippen molar-refractivity contribution in [3.05, 3.63) is 42.6 Å². The average Bonchev–Trinajstić information content (AvgIpc) is 3.00. The fourth-order valence-electron chi connectivity index (χ4n) is 3.16. The molecule has 1 atom stereocenters. The van der Waals surface area contributed by atoms with Gasteiger partial charge in [-0.1, -0.05) is 12.1 Å². The largest absolute Gasteiger partial charge is 0.355 e. The molecule has 0 N–H and O–H groups in total. The third-order valence-electron chi connectivity index (χ3n) is 4.29. The molecule has 3 aromatic rings. The Morgan fingerprint density at radius 1 is 1.18 bits per heavy atom. The first kappa shape index (κ1) is 13.2. The summed E-state index contributed by atoms with van der Waals surface area (Å²) < 4.78 is 2.01. The highest BCUT2D eigenvalue weighted by molar-refractivity contribution is 5.75. The monoisotopic (exact) mass is 294 g/mol. The van der Waals surface area contributed by atoms with Gasteiger partial charge >= 0.3 is 0 Å².